The summed E-state index contributed by atoms with van der Waals surface area (Å²) < 4.78 is 14.8. The van der Waals surface area contributed by atoms with Gasteiger partial charge in [-0.25, -0.2) is 9.18 Å². The van der Waals surface area contributed by atoms with E-state index in [9.17, 15) is 28.7 Å². The molecule has 2 rings (SSSR count). The molecule has 166 valence electrons. The molecule has 1 aromatic heterocycles. The number of hydrogen-bond donors (Lipinski definition) is 4. The second-order valence-electron chi connectivity index (χ2n) is 7.27. The molecule has 0 fully saturated rings. The van der Waals surface area contributed by atoms with E-state index in [1.54, 1.807) is 13.8 Å². The summed E-state index contributed by atoms with van der Waals surface area (Å²) in [5, 5.41) is 23.2. The summed E-state index contributed by atoms with van der Waals surface area (Å²) in [6.45, 7) is 5.79. The number of anilines is 1. The number of carboxylic acids is 1. The molecule has 4 N–H and O–H groups in total. The molecule has 0 saturated carbocycles. The Morgan fingerprint density at radius 1 is 1.13 bits per heavy atom. The van der Waals surface area contributed by atoms with Crippen LogP contribution in [0.2, 0.25) is 0 Å². The zero-order valence-electron chi connectivity index (χ0n) is 17.7. The number of rotatable bonds is 7. The number of ketones is 1. The minimum absolute atomic E-state index is 0.0924. The molecule has 1 heterocycles. The number of aromatic nitrogens is 1. The maximum atomic E-state index is 13.5. The maximum Gasteiger partial charge on any atom is 0.328 e. The molecule has 1 aromatic carbocycles. The fourth-order valence-corrected chi connectivity index (χ4v) is 3.25. The van der Waals surface area contributed by atoms with E-state index in [1.165, 1.54) is 43.7 Å². The van der Waals surface area contributed by atoms with Crippen molar-refractivity contribution in [2.75, 3.05) is 5.32 Å². The number of halogens is 1. The molecule has 0 bridgehead atoms. The molecule has 31 heavy (non-hydrogen) atoms. The highest BCUT2D eigenvalue weighted by Gasteiger charge is 2.32. The number of carbonyl (C=O) groups is 4. The third-order valence-electron chi connectivity index (χ3n) is 5.03. The first-order valence-corrected chi connectivity index (χ1v) is 9.36. The summed E-state index contributed by atoms with van der Waals surface area (Å²) in [5.74, 6) is -4.74. The van der Waals surface area contributed by atoms with Gasteiger partial charge in [0.15, 0.2) is 6.04 Å². The average molecular weight is 433 g/mol. The standard InChI is InChI=1S/C21H24FN3O6/c1-9-8-13(6-7-14(9)22)23-19(28)15-10(2)17(25(5)11(15)3)18(27)20(29)24-16(12(4)26)21(30)31/h6-8,12,16,26H,1-5H3,(H,23,28)(H,24,29)(H,30,31)/t12?,16-/m1/s1. The maximum absolute atomic E-state index is 13.5. The number of amides is 2. The topological polar surface area (TPSA) is 138 Å². The third-order valence-corrected chi connectivity index (χ3v) is 5.03. The van der Waals surface area contributed by atoms with Gasteiger partial charge in [0.1, 0.15) is 5.82 Å². The van der Waals surface area contributed by atoms with Gasteiger partial charge in [0.2, 0.25) is 0 Å². The van der Waals surface area contributed by atoms with Gasteiger partial charge < -0.3 is 25.4 Å². The smallest absolute Gasteiger partial charge is 0.328 e. The fraction of sp³-hybridized carbons (Fsp3) is 0.333. The van der Waals surface area contributed by atoms with Crippen molar-refractivity contribution >= 4 is 29.3 Å². The number of hydrogen-bond acceptors (Lipinski definition) is 5. The van der Waals surface area contributed by atoms with Crippen molar-refractivity contribution in [2.45, 2.75) is 39.8 Å². The average Bonchev–Trinajstić information content (AvgIpc) is 2.90. The van der Waals surface area contributed by atoms with Crippen LogP contribution in [0.4, 0.5) is 10.1 Å². The van der Waals surface area contributed by atoms with E-state index < -0.39 is 41.5 Å². The molecule has 0 aliphatic carbocycles. The van der Waals surface area contributed by atoms with Crippen molar-refractivity contribution in [3.63, 3.8) is 0 Å². The quantitative estimate of drug-likeness (QED) is 0.385. The Labute approximate surface area is 177 Å². The van der Waals surface area contributed by atoms with Crippen LogP contribution in [-0.4, -0.2) is 50.5 Å². The lowest BCUT2D eigenvalue weighted by atomic mass is 10.1. The number of nitrogens with zero attached hydrogens (tertiary/aromatic N) is 1. The molecule has 0 aliphatic rings. The third kappa shape index (κ3) is 4.80. The largest absolute Gasteiger partial charge is 0.480 e. The Morgan fingerprint density at radius 3 is 2.26 bits per heavy atom. The molecule has 2 aromatic rings. The number of Topliss-reactive ketones (excluding diaryl/α,β-unsaturated/α-hetero) is 1. The number of carbonyl (C=O) groups excluding carboxylic acids is 3. The van der Waals surface area contributed by atoms with Gasteiger partial charge in [0, 0.05) is 18.4 Å². The second kappa shape index (κ2) is 9.09. The van der Waals surface area contributed by atoms with E-state index in [0.717, 1.165) is 0 Å². The number of benzene rings is 1. The van der Waals surface area contributed by atoms with Crippen LogP contribution >= 0.6 is 0 Å². The number of aliphatic carboxylic acids is 1. The van der Waals surface area contributed by atoms with Crippen molar-refractivity contribution in [3.8, 4) is 0 Å². The highest BCUT2D eigenvalue weighted by molar-refractivity contribution is 6.43. The van der Waals surface area contributed by atoms with Gasteiger partial charge in [-0.3, -0.25) is 14.4 Å². The zero-order chi connectivity index (χ0) is 23.6. The first kappa shape index (κ1) is 23.7. The predicted octanol–water partition coefficient (Wildman–Crippen LogP) is 1.47. The van der Waals surface area contributed by atoms with Crippen LogP contribution in [0.1, 0.15) is 44.6 Å². The van der Waals surface area contributed by atoms with E-state index in [4.69, 9.17) is 5.11 Å². The minimum atomic E-state index is -1.66. The molecule has 0 spiro atoms. The molecule has 2 amide bonds. The molecule has 9 nitrogen and oxygen atoms in total. The molecular formula is C21H24FN3O6. The number of aliphatic hydroxyl groups excluding tert-OH is 1. The number of carboxylic acid groups (broad SMARTS) is 1. The molecule has 1 unspecified atom stereocenters. The Bertz CT molecular complexity index is 1070. The monoisotopic (exact) mass is 433 g/mol. The van der Waals surface area contributed by atoms with Crippen molar-refractivity contribution in [1.82, 2.24) is 9.88 Å². The first-order valence-electron chi connectivity index (χ1n) is 9.36. The Balaban J connectivity index is 2.35. The lowest BCUT2D eigenvalue weighted by molar-refractivity contribution is -0.144. The van der Waals surface area contributed by atoms with Crippen molar-refractivity contribution in [1.29, 1.82) is 0 Å². The summed E-state index contributed by atoms with van der Waals surface area (Å²) in [6.07, 6.45) is -1.43. The number of nitrogens with one attached hydrogen (secondary N) is 2. The van der Waals surface area contributed by atoms with Gasteiger partial charge in [-0.1, -0.05) is 0 Å². The lowest BCUT2D eigenvalue weighted by Crippen LogP contribution is -2.50. The van der Waals surface area contributed by atoms with Gasteiger partial charge >= 0.3 is 5.97 Å². The normalized spacial score (nSPS) is 12.7. The lowest BCUT2D eigenvalue weighted by Gasteiger charge is -2.16. The van der Waals surface area contributed by atoms with Crippen molar-refractivity contribution in [2.24, 2.45) is 7.05 Å². The van der Waals surface area contributed by atoms with Gasteiger partial charge in [-0.2, -0.15) is 0 Å². The van der Waals surface area contributed by atoms with Crippen molar-refractivity contribution in [3.05, 3.63) is 52.1 Å². The van der Waals surface area contributed by atoms with Gasteiger partial charge in [0.05, 0.1) is 17.4 Å². The molecule has 2 atom stereocenters. The van der Waals surface area contributed by atoms with E-state index in [2.05, 4.69) is 5.32 Å². The zero-order valence-corrected chi connectivity index (χ0v) is 17.7. The summed E-state index contributed by atoms with van der Waals surface area (Å²) in [7, 11) is 1.49. The van der Waals surface area contributed by atoms with Crippen LogP contribution in [-0.2, 0) is 16.6 Å². The molecule has 0 radical (unpaired) electrons. The van der Waals surface area contributed by atoms with E-state index >= 15 is 0 Å². The number of aryl methyl sites for hydroxylation is 1. The summed E-state index contributed by atoms with van der Waals surface area (Å²) >= 11 is 0. The highest BCUT2D eigenvalue weighted by Crippen LogP contribution is 2.24. The molecule has 0 aliphatic heterocycles. The van der Waals surface area contributed by atoms with Gasteiger partial charge in [-0.15, -0.1) is 0 Å². The van der Waals surface area contributed by atoms with Crippen LogP contribution in [0.25, 0.3) is 0 Å². The Kier molecular flexibility index (Phi) is 6.96. The SMILES string of the molecule is Cc1cc(NC(=O)c2c(C)c(C(=O)C(=O)N[C@@H](C(=O)O)C(C)O)n(C)c2C)ccc1F. The van der Waals surface area contributed by atoms with E-state index in [0.29, 0.717) is 16.9 Å². The molecule has 10 heteroatoms. The molecule has 0 saturated heterocycles. The highest BCUT2D eigenvalue weighted by atomic mass is 19.1. The van der Waals surface area contributed by atoms with Crippen LogP contribution in [0.15, 0.2) is 18.2 Å². The van der Waals surface area contributed by atoms with Crippen LogP contribution in [0, 0.1) is 26.6 Å². The molecular weight excluding hydrogens is 409 g/mol. The van der Waals surface area contributed by atoms with Crippen LogP contribution < -0.4 is 10.6 Å². The second-order valence-corrected chi connectivity index (χ2v) is 7.27. The summed E-state index contributed by atoms with van der Waals surface area (Å²) in [6, 6.07) is 2.41. The predicted molar refractivity (Wildman–Crippen MR) is 110 cm³/mol. The first-order chi connectivity index (χ1) is 14.4. The van der Waals surface area contributed by atoms with Crippen molar-refractivity contribution < 1.29 is 33.8 Å². The van der Waals surface area contributed by atoms with E-state index in [-0.39, 0.29) is 16.8 Å². The Morgan fingerprint density at radius 2 is 1.74 bits per heavy atom. The Hall–Kier alpha value is -3.53. The van der Waals surface area contributed by atoms with Crippen LogP contribution in [0.3, 0.4) is 0 Å². The van der Waals surface area contributed by atoms with Crippen LogP contribution in [0.5, 0.6) is 0 Å². The minimum Gasteiger partial charge on any atom is -0.480 e. The van der Waals surface area contributed by atoms with E-state index in [1.807, 2.05) is 5.32 Å². The fourth-order valence-electron chi connectivity index (χ4n) is 3.25. The van der Waals surface area contributed by atoms with Gasteiger partial charge in [-0.05, 0) is 57.0 Å². The summed E-state index contributed by atoms with van der Waals surface area (Å²) in [5.41, 5.74) is 1.39. The number of aliphatic hydroxyl groups is 1. The van der Waals surface area contributed by atoms with Gasteiger partial charge in [0.25, 0.3) is 17.6 Å². The summed E-state index contributed by atoms with van der Waals surface area (Å²) in [4.78, 5) is 49.0.